The first kappa shape index (κ1) is 20.9. The maximum absolute atomic E-state index is 13.5. The lowest BCUT2D eigenvalue weighted by atomic mass is 9.92. The van der Waals surface area contributed by atoms with Crippen molar-refractivity contribution in [2.75, 3.05) is 25.1 Å². The molecule has 0 aromatic heterocycles. The predicted octanol–water partition coefficient (Wildman–Crippen LogP) is 5.63. The van der Waals surface area contributed by atoms with Gasteiger partial charge in [-0.1, -0.05) is 31.3 Å². The highest BCUT2D eigenvalue weighted by atomic mass is 19.3. The van der Waals surface area contributed by atoms with Crippen molar-refractivity contribution < 1.29 is 18.3 Å². The summed E-state index contributed by atoms with van der Waals surface area (Å²) in [5, 5.41) is 3.47. The van der Waals surface area contributed by atoms with Gasteiger partial charge in [-0.05, 0) is 44.2 Å². The number of ether oxygens (including phenoxy) is 2. The summed E-state index contributed by atoms with van der Waals surface area (Å²) in [5.74, 6) is 5.32. The molecule has 1 saturated carbocycles. The zero-order valence-corrected chi connectivity index (χ0v) is 16.7. The SMILES string of the molecule is CCCCOc1cccc(NC2CCC(F)(F)CC2)c1C#CC1CCOCC1. The van der Waals surface area contributed by atoms with Crippen LogP contribution in [-0.2, 0) is 4.74 Å². The lowest BCUT2D eigenvalue weighted by Gasteiger charge is -2.30. The molecule has 0 unspecified atom stereocenters. The second kappa shape index (κ2) is 10.1. The van der Waals surface area contributed by atoms with Crippen LogP contribution >= 0.6 is 0 Å². The van der Waals surface area contributed by atoms with Crippen molar-refractivity contribution in [2.45, 2.75) is 70.3 Å². The van der Waals surface area contributed by atoms with Crippen LogP contribution < -0.4 is 10.1 Å². The van der Waals surface area contributed by atoms with Crippen LogP contribution in [0.5, 0.6) is 5.75 Å². The first-order valence-corrected chi connectivity index (χ1v) is 10.6. The maximum atomic E-state index is 13.5. The first-order valence-electron chi connectivity index (χ1n) is 10.6. The number of unbranched alkanes of at least 4 members (excludes halogenated alkanes) is 1. The Bertz CT molecular complexity index is 680. The van der Waals surface area contributed by atoms with Crippen molar-refractivity contribution in [1.82, 2.24) is 0 Å². The largest absolute Gasteiger partial charge is 0.492 e. The van der Waals surface area contributed by atoms with E-state index in [-0.39, 0.29) is 18.9 Å². The molecule has 3 rings (SSSR count). The lowest BCUT2D eigenvalue weighted by molar-refractivity contribution is -0.0360. The second-order valence-electron chi connectivity index (χ2n) is 7.81. The molecule has 1 saturated heterocycles. The van der Waals surface area contributed by atoms with Gasteiger partial charge in [-0.2, -0.15) is 0 Å². The molecule has 1 N–H and O–H groups in total. The van der Waals surface area contributed by atoms with Gasteiger partial charge in [0.1, 0.15) is 5.75 Å². The standard InChI is InChI=1S/C23H31F2NO2/c1-2-3-15-28-22-6-4-5-21(26-19-9-13-23(24,25)14-10-19)20(22)8-7-18-11-16-27-17-12-18/h4-6,18-19,26H,2-3,9-17H2,1H3. The fourth-order valence-electron chi connectivity index (χ4n) is 3.65. The molecule has 0 amide bonds. The minimum Gasteiger partial charge on any atom is -0.492 e. The zero-order valence-electron chi connectivity index (χ0n) is 16.7. The fraction of sp³-hybridized carbons (Fsp3) is 0.652. The third-order valence-electron chi connectivity index (χ3n) is 5.48. The van der Waals surface area contributed by atoms with Crippen molar-refractivity contribution in [3.05, 3.63) is 23.8 Å². The number of hydrogen-bond acceptors (Lipinski definition) is 3. The molecule has 0 spiro atoms. The predicted molar refractivity (Wildman–Crippen MR) is 108 cm³/mol. The number of rotatable bonds is 6. The number of hydrogen-bond donors (Lipinski definition) is 1. The topological polar surface area (TPSA) is 30.5 Å². The van der Waals surface area contributed by atoms with Gasteiger partial charge < -0.3 is 14.8 Å². The Morgan fingerprint density at radius 2 is 1.93 bits per heavy atom. The molecule has 28 heavy (non-hydrogen) atoms. The van der Waals surface area contributed by atoms with E-state index >= 15 is 0 Å². The van der Waals surface area contributed by atoms with E-state index in [0.717, 1.165) is 55.9 Å². The Kier molecular flexibility index (Phi) is 7.56. The minimum absolute atomic E-state index is 0.0501. The molecule has 154 valence electrons. The average Bonchev–Trinajstić information content (AvgIpc) is 2.70. The third kappa shape index (κ3) is 6.10. The molecule has 1 aliphatic heterocycles. The summed E-state index contributed by atoms with van der Waals surface area (Å²) in [4.78, 5) is 0. The molecule has 2 aliphatic rings. The number of alkyl halides is 2. The van der Waals surface area contributed by atoms with Crippen LogP contribution in [0.4, 0.5) is 14.5 Å². The summed E-state index contributed by atoms with van der Waals surface area (Å²) in [5.41, 5.74) is 1.74. The molecule has 2 fully saturated rings. The fourth-order valence-corrected chi connectivity index (χ4v) is 3.65. The molecule has 0 bridgehead atoms. The maximum Gasteiger partial charge on any atom is 0.248 e. The Balaban J connectivity index is 1.77. The summed E-state index contributed by atoms with van der Waals surface area (Å²) < 4.78 is 38.4. The molecular weight excluding hydrogens is 360 g/mol. The smallest absolute Gasteiger partial charge is 0.248 e. The van der Waals surface area contributed by atoms with E-state index < -0.39 is 5.92 Å². The lowest BCUT2D eigenvalue weighted by Crippen LogP contribution is -2.32. The van der Waals surface area contributed by atoms with Crippen molar-refractivity contribution in [3.63, 3.8) is 0 Å². The van der Waals surface area contributed by atoms with E-state index in [1.807, 2.05) is 18.2 Å². The number of benzene rings is 1. The summed E-state index contributed by atoms with van der Waals surface area (Å²) in [6, 6.07) is 5.92. The number of nitrogens with one attached hydrogen (secondary N) is 1. The molecule has 1 aromatic carbocycles. The van der Waals surface area contributed by atoms with Crippen LogP contribution in [0.25, 0.3) is 0 Å². The molecule has 5 heteroatoms. The van der Waals surface area contributed by atoms with E-state index in [2.05, 4.69) is 24.1 Å². The van der Waals surface area contributed by atoms with E-state index in [1.165, 1.54) is 0 Å². The quantitative estimate of drug-likeness (QED) is 0.503. The highest BCUT2D eigenvalue weighted by Crippen LogP contribution is 2.35. The van der Waals surface area contributed by atoms with Crippen molar-refractivity contribution in [1.29, 1.82) is 0 Å². The van der Waals surface area contributed by atoms with Crippen LogP contribution in [0.2, 0.25) is 0 Å². The van der Waals surface area contributed by atoms with E-state index in [0.29, 0.717) is 25.4 Å². The third-order valence-corrected chi connectivity index (χ3v) is 5.48. The second-order valence-corrected chi connectivity index (χ2v) is 7.81. The summed E-state index contributed by atoms with van der Waals surface area (Å²) in [7, 11) is 0. The van der Waals surface area contributed by atoms with Crippen LogP contribution in [0, 0.1) is 17.8 Å². The first-order chi connectivity index (χ1) is 13.6. The van der Waals surface area contributed by atoms with Crippen molar-refractivity contribution in [3.8, 4) is 17.6 Å². The van der Waals surface area contributed by atoms with Gasteiger partial charge in [-0.15, -0.1) is 0 Å². The van der Waals surface area contributed by atoms with Gasteiger partial charge in [-0.25, -0.2) is 8.78 Å². The molecule has 3 nitrogen and oxygen atoms in total. The van der Waals surface area contributed by atoms with Crippen LogP contribution in [0.15, 0.2) is 18.2 Å². The van der Waals surface area contributed by atoms with Crippen LogP contribution in [-0.4, -0.2) is 31.8 Å². The zero-order chi connectivity index (χ0) is 19.8. The summed E-state index contributed by atoms with van der Waals surface area (Å²) in [6.07, 6.45) is 4.79. The van der Waals surface area contributed by atoms with Gasteiger partial charge in [0.15, 0.2) is 0 Å². The normalized spacial score (nSPS) is 20.2. The molecule has 0 radical (unpaired) electrons. The summed E-state index contributed by atoms with van der Waals surface area (Å²) >= 11 is 0. The number of halogens is 2. The Labute approximate surface area is 167 Å². The van der Waals surface area contributed by atoms with Gasteiger partial charge in [0, 0.05) is 38.0 Å². The van der Waals surface area contributed by atoms with Gasteiger partial charge in [-0.3, -0.25) is 0 Å². The van der Waals surface area contributed by atoms with Crippen molar-refractivity contribution in [2.24, 2.45) is 5.92 Å². The highest BCUT2D eigenvalue weighted by molar-refractivity contribution is 5.65. The van der Waals surface area contributed by atoms with Gasteiger partial charge in [0.25, 0.3) is 0 Å². The van der Waals surface area contributed by atoms with Crippen molar-refractivity contribution >= 4 is 5.69 Å². The van der Waals surface area contributed by atoms with Gasteiger partial charge in [0.2, 0.25) is 5.92 Å². The molecule has 1 heterocycles. The molecule has 1 aliphatic carbocycles. The number of anilines is 1. The minimum atomic E-state index is -2.52. The monoisotopic (exact) mass is 391 g/mol. The summed E-state index contributed by atoms with van der Waals surface area (Å²) in [6.45, 7) is 4.30. The van der Waals surface area contributed by atoms with E-state index in [1.54, 1.807) is 0 Å². The Hall–Kier alpha value is -1.80. The Morgan fingerprint density at radius 1 is 1.18 bits per heavy atom. The Morgan fingerprint density at radius 3 is 2.64 bits per heavy atom. The van der Waals surface area contributed by atoms with E-state index in [4.69, 9.17) is 9.47 Å². The molecule has 0 atom stereocenters. The van der Waals surface area contributed by atoms with E-state index in [9.17, 15) is 8.78 Å². The van der Waals surface area contributed by atoms with Crippen LogP contribution in [0.1, 0.15) is 63.9 Å². The van der Waals surface area contributed by atoms with Gasteiger partial charge in [0.05, 0.1) is 17.9 Å². The average molecular weight is 392 g/mol. The van der Waals surface area contributed by atoms with Gasteiger partial charge >= 0.3 is 0 Å². The highest BCUT2D eigenvalue weighted by Gasteiger charge is 2.35. The van der Waals surface area contributed by atoms with Crippen LogP contribution in [0.3, 0.4) is 0 Å². The molecule has 1 aromatic rings. The molecular formula is C23H31F2NO2.